The van der Waals surface area contributed by atoms with Crippen molar-refractivity contribution in [1.82, 2.24) is 20.2 Å². The molecular formula is C20H17FN6OS. The van der Waals surface area contributed by atoms with Gasteiger partial charge in [0.05, 0.1) is 22.4 Å². The number of aromatic amines is 2. The average Bonchev–Trinajstić information content (AvgIpc) is 3.43. The smallest absolute Gasteiger partial charge is 0.275 e. The van der Waals surface area contributed by atoms with Gasteiger partial charge in [0.2, 0.25) is 0 Å². The molecule has 1 aromatic carbocycles. The molecule has 0 aliphatic rings. The van der Waals surface area contributed by atoms with Gasteiger partial charge in [0.15, 0.2) is 0 Å². The molecule has 0 fully saturated rings. The maximum Gasteiger partial charge on any atom is 0.275 e. The van der Waals surface area contributed by atoms with Gasteiger partial charge < -0.3 is 16.0 Å². The monoisotopic (exact) mass is 408 g/mol. The predicted octanol–water partition coefficient (Wildman–Crippen LogP) is 2.29. The molecule has 4 rings (SSSR count). The number of carbonyl (C=O) groups excluding carboxylic acids is 1. The molecule has 0 saturated heterocycles. The van der Waals surface area contributed by atoms with Gasteiger partial charge in [-0.3, -0.25) is 9.89 Å². The predicted molar refractivity (Wildman–Crippen MR) is 112 cm³/mol. The van der Waals surface area contributed by atoms with Crippen LogP contribution < -0.4 is 21.6 Å². The molecule has 0 aliphatic carbocycles. The van der Waals surface area contributed by atoms with Crippen LogP contribution in [0.1, 0.15) is 21.1 Å². The highest BCUT2D eigenvalue weighted by atomic mass is 32.1. The highest BCUT2D eigenvalue weighted by molar-refractivity contribution is 7.09. The van der Waals surface area contributed by atoms with Gasteiger partial charge in [0, 0.05) is 39.3 Å². The summed E-state index contributed by atoms with van der Waals surface area (Å²) in [5, 5.41) is 14.0. The lowest BCUT2D eigenvalue weighted by molar-refractivity contribution is 0.102. The molecule has 0 saturated carbocycles. The average molecular weight is 408 g/mol. The molecular weight excluding hydrogens is 391 g/mol. The Labute approximate surface area is 168 Å². The SMILES string of the molecule is C=c1[nH]cc/c1=C(/C(F)=C\N)c1cc(NC(=O)c2csc(C)n2)c2cn[nH]c2c1. The van der Waals surface area contributed by atoms with Crippen LogP contribution in [-0.2, 0) is 0 Å². The summed E-state index contributed by atoms with van der Waals surface area (Å²) in [5.74, 6) is -0.967. The van der Waals surface area contributed by atoms with E-state index in [9.17, 15) is 9.18 Å². The van der Waals surface area contributed by atoms with Gasteiger partial charge in [-0.15, -0.1) is 11.3 Å². The van der Waals surface area contributed by atoms with Crippen molar-refractivity contribution in [3.05, 3.63) is 74.8 Å². The maximum absolute atomic E-state index is 14.7. The molecule has 29 heavy (non-hydrogen) atoms. The molecule has 3 aromatic heterocycles. The van der Waals surface area contributed by atoms with Crippen LogP contribution in [0, 0.1) is 6.92 Å². The minimum atomic E-state index is -0.610. The minimum Gasteiger partial charge on any atom is -0.402 e. The third-order valence-corrected chi connectivity index (χ3v) is 5.21. The van der Waals surface area contributed by atoms with Gasteiger partial charge in [0.25, 0.3) is 5.91 Å². The molecule has 0 atom stereocenters. The molecule has 0 radical (unpaired) electrons. The number of halogens is 1. The second kappa shape index (κ2) is 7.36. The summed E-state index contributed by atoms with van der Waals surface area (Å²) in [4.78, 5) is 19.8. The Kier molecular flexibility index (Phi) is 4.73. The Hall–Kier alpha value is -3.72. The number of aryl methyl sites for hydroxylation is 1. The summed E-state index contributed by atoms with van der Waals surface area (Å²) in [6.45, 7) is 5.73. The van der Waals surface area contributed by atoms with E-state index in [-0.39, 0.29) is 11.5 Å². The van der Waals surface area contributed by atoms with Crippen LogP contribution >= 0.6 is 11.3 Å². The van der Waals surface area contributed by atoms with Gasteiger partial charge in [-0.1, -0.05) is 6.58 Å². The van der Waals surface area contributed by atoms with Crippen LogP contribution in [0.2, 0.25) is 0 Å². The molecule has 1 amide bonds. The zero-order valence-electron chi connectivity index (χ0n) is 15.4. The first-order valence-electron chi connectivity index (χ1n) is 8.63. The molecule has 0 bridgehead atoms. The summed E-state index contributed by atoms with van der Waals surface area (Å²) in [5.41, 5.74) is 7.67. The number of hydrogen-bond donors (Lipinski definition) is 4. The van der Waals surface area contributed by atoms with Crippen molar-refractivity contribution in [3.63, 3.8) is 0 Å². The van der Waals surface area contributed by atoms with E-state index < -0.39 is 5.83 Å². The van der Waals surface area contributed by atoms with Crippen molar-refractivity contribution >= 4 is 46.0 Å². The number of amides is 1. The molecule has 3 heterocycles. The van der Waals surface area contributed by atoms with Crippen LogP contribution in [-0.4, -0.2) is 26.1 Å². The topological polar surface area (TPSA) is 112 Å². The largest absolute Gasteiger partial charge is 0.402 e. The summed E-state index contributed by atoms with van der Waals surface area (Å²) in [6, 6.07) is 5.14. The first kappa shape index (κ1) is 18.6. The van der Waals surface area contributed by atoms with Crippen molar-refractivity contribution in [2.24, 2.45) is 5.73 Å². The number of allylic oxidation sites excluding steroid dienone is 1. The number of carbonyl (C=O) groups is 1. The van der Waals surface area contributed by atoms with Crippen molar-refractivity contribution in [2.75, 3.05) is 5.32 Å². The van der Waals surface area contributed by atoms with E-state index in [1.807, 2.05) is 6.92 Å². The Bertz CT molecular complexity index is 1360. The van der Waals surface area contributed by atoms with Crippen LogP contribution in [0.3, 0.4) is 0 Å². The van der Waals surface area contributed by atoms with E-state index in [2.05, 4.69) is 32.1 Å². The Balaban J connectivity index is 1.90. The number of nitrogens with two attached hydrogens (primary N) is 1. The van der Waals surface area contributed by atoms with Crippen molar-refractivity contribution in [1.29, 1.82) is 0 Å². The first-order valence-corrected chi connectivity index (χ1v) is 9.51. The first-order chi connectivity index (χ1) is 14.0. The van der Waals surface area contributed by atoms with Crippen molar-refractivity contribution < 1.29 is 9.18 Å². The second-order valence-corrected chi connectivity index (χ2v) is 7.38. The number of aromatic nitrogens is 4. The summed E-state index contributed by atoms with van der Waals surface area (Å²) in [6.07, 6.45) is 4.16. The lowest BCUT2D eigenvalue weighted by Gasteiger charge is -2.10. The minimum absolute atomic E-state index is 0.259. The van der Waals surface area contributed by atoms with E-state index in [1.54, 1.807) is 36.0 Å². The zero-order valence-corrected chi connectivity index (χ0v) is 16.2. The maximum atomic E-state index is 14.7. The third-order valence-electron chi connectivity index (χ3n) is 4.43. The number of H-pyrrole nitrogens is 2. The molecule has 0 aliphatic heterocycles. The number of nitrogens with zero attached hydrogens (tertiary/aromatic N) is 2. The standard InChI is InChI=1S/C20H17FN6OS/c1-10-13(3-4-23-10)19(15(21)7-22)12-5-16(14-8-24-27-17(14)6-12)26-20(28)18-9-29-11(2)25-18/h3-9,23H,1,22H2,2H3,(H,24,27)(H,26,28)/b15-7+,19-13-. The van der Waals surface area contributed by atoms with Gasteiger partial charge in [0.1, 0.15) is 11.5 Å². The van der Waals surface area contributed by atoms with Crippen LogP contribution in [0.25, 0.3) is 23.1 Å². The van der Waals surface area contributed by atoms with E-state index >= 15 is 0 Å². The number of rotatable bonds is 4. The normalized spacial score (nSPS) is 13.0. The second-order valence-electron chi connectivity index (χ2n) is 6.32. The van der Waals surface area contributed by atoms with Gasteiger partial charge in [-0.25, -0.2) is 9.37 Å². The zero-order chi connectivity index (χ0) is 20.5. The fourth-order valence-electron chi connectivity index (χ4n) is 3.10. The van der Waals surface area contributed by atoms with Crippen LogP contribution in [0.15, 0.2) is 48.0 Å². The molecule has 9 heteroatoms. The van der Waals surface area contributed by atoms with Crippen molar-refractivity contribution in [2.45, 2.75) is 6.92 Å². The van der Waals surface area contributed by atoms with Crippen LogP contribution in [0.5, 0.6) is 0 Å². The number of nitrogens with one attached hydrogen (secondary N) is 3. The number of anilines is 1. The van der Waals surface area contributed by atoms with Gasteiger partial charge in [-0.05, 0) is 30.7 Å². The molecule has 5 N–H and O–H groups in total. The lowest BCUT2D eigenvalue weighted by Crippen LogP contribution is -2.24. The van der Waals surface area contributed by atoms with E-state index in [1.165, 1.54) is 11.3 Å². The molecule has 146 valence electrons. The van der Waals surface area contributed by atoms with Crippen LogP contribution in [0.4, 0.5) is 10.1 Å². The fourth-order valence-corrected chi connectivity index (χ4v) is 3.69. The number of hydrogen-bond acceptors (Lipinski definition) is 5. The fraction of sp³-hybridized carbons (Fsp3) is 0.0500. The van der Waals surface area contributed by atoms with Gasteiger partial charge in [-0.2, -0.15) is 5.10 Å². The van der Waals surface area contributed by atoms with E-state index in [0.29, 0.717) is 38.4 Å². The quantitative estimate of drug-likeness (QED) is 0.415. The summed E-state index contributed by atoms with van der Waals surface area (Å²) >= 11 is 1.39. The van der Waals surface area contributed by atoms with Crippen molar-refractivity contribution in [3.8, 4) is 0 Å². The molecule has 0 unspecified atom stereocenters. The molecule has 7 nitrogen and oxygen atoms in total. The number of fused-ring (bicyclic) bond motifs is 1. The van der Waals surface area contributed by atoms with E-state index in [4.69, 9.17) is 5.73 Å². The Morgan fingerprint density at radius 1 is 1.41 bits per heavy atom. The highest BCUT2D eigenvalue weighted by Gasteiger charge is 2.17. The van der Waals surface area contributed by atoms with E-state index in [0.717, 1.165) is 11.2 Å². The third kappa shape index (κ3) is 3.43. The number of thiazole rings is 1. The van der Waals surface area contributed by atoms with Gasteiger partial charge >= 0.3 is 0 Å². The Morgan fingerprint density at radius 2 is 2.24 bits per heavy atom. The Morgan fingerprint density at radius 3 is 2.90 bits per heavy atom. The summed E-state index contributed by atoms with van der Waals surface area (Å²) < 4.78 is 14.7. The lowest BCUT2D eigenvalue weighted by atomic mass is 10.00. The summed E-state index contributed by atoms with van der Waals surface area (Å²) in [7, 11) is 0. The highest BCUT2D eigenvalue weighted by Crippen LogP contribution is 2.30. The number of benzene rings is 1. The molecule has 0 spiro atoms. The molecule has 4 aromatic rings.